The molecule has 1 fully saturated rings. The van der Waals surface area contributed by atoms with Crippen LogP contribution in [0.15, 0.2) is 0 Å². The van der Waals surface area contributed by atoms with E-state index in [1.807, 2.05) is 13.8 Å². The Kier molecular flexibility index (Phi) is 6.96. The quantitative estimate of drug-likeness (QED) is 0.611. The molecular formula is C12H25NO3. The second kappa shape index (κ2) is 8.01. The van der Waals surface area contributed by atoms with Gasteiger partial charge in [0.2, 0.25) is 0 Å². The van der Waals surface area contributed by atoms with Gasteiger partial charge >= 0.3 is 0 Å². The minimum atomic E-state index is -0.111. The molecule has 0 unspecified atom stereocenters. The van der Waals surface area contributed by atoms with Gasteiger partial charge in [-0.05, 0) is 39.2 Å². The maximum Gasteiger partial charge on any atom is 0.159 e. The van der Waals surface area contributed by atoms with Crippen molar-refractivity contribution >= 4 is 0 Å². The van der Waals surface area contributed by atoms with Crippen molar-refractivity contribution in [1.29, 1.82) is 0 Å². The van der Waals surface area contributed by atoms with Crippen LogP contribution in [0, 0.1) is 5.92 Å². The molecule has 96 valence electrons. The monoisotopic (exact) mass is 231 g/mol. The third-order valence-electron chi connectivity index (χ3n) is 2.94. The summed E-state index contributed by atoms with van der Waals surface area (Å²) in [4.78, 5) is 0. The highest BCUT2D eigenvalue weighted by Crippen LogP contribution is 2.29. The fourth-order valence-corrected chi connectivity index (χ4v) is 1.92. The van der Waals surface area contributed by atoms with Gasteiger partial charge in [0.05, 0.1) is 12.7 Å². The van der Waals surface area contributed by atoms with E-state index >= 15 is 0 Å². The maximum absolute atomic E-state index is 5.72. The molecule has 16 heavy (non-hydrogen) atoms. The van der Waals surface area contributed by atoms with Gasteiger partial charge in [-0.1, -0.05) is 0 Å². The zero-order valence-corrected chi connectivity index (χ0v) is 10.5. The van der Waals surface area contributed by atoms with Gasteiger partial charge in [-0.15, -0.1) is 0 Å². The minimum absolute atomic E-state index is 0.111. The first kappa shape index (κ1) is 13.9. The Hall–Kier alpha value is -0.160. The highest BCUT2D eigenvalue weighted by molar-refractivity contribution is 4.80. The number of ether oxygens (including phenoxy) is 3. The lowest BCUT2D eigenvalue weighted by Gasteiger charge is -2.34. The van der Waals surface area contributed by atoms with E-state index in [2.05, 4.69) is 0 Å². The van der Waals surface area contributed by atoms with Crippen LogP contribution in [0.1, 0.15) is 33.1 Å². The van der Waals surface area contributed by atoms with Crippen molar-refractivity contribution < 1.29 is 14.2 Å². The number of nitrogens with two attached hydrogens (primary N) is 1. The molecule has 0 saturated heterocycles. The molecule has 4 heteroatoms. The molecule has 0 aromatic carbocycles. The molecule has 0 spiro atoms. The number of hydrogen-bond acceptors (Lipinski definition) is 4. The van der Waals surface area contributed by atoms with Crippen LogP contribution in [0.3, 0.4) is 0 Å². The average Bonchev–Trinajstić information content (AvgIpc) is 2.22. The van der Waals surface area contributed by atoms with E-state index in [9.17, 15) is 0 Å². The van der Waals surface area contributed by atoms with Gasteiger partial charge in [0.15, 0.2) is 6.29 Å². The average molecular weight is 231 g/mol. The zero-order chi connectivity index (χ0) is 11.8. The van der Waals surface area contributed by atoms with E-state index in [0.717, 1.165) is 25.8 Å². The molecule has 0 radical (unpaired) electrons. The second-order valence-electron chi connectivity index (χ2n) is 4.19. The largest absolute Gasteiger partial charge is 0.378 e. The van der Waals surface area contributed by atoms with E-state index in [1.165, 1.54) is 0 Å². The van der Waals surface area contributed by atoms with Crippen LogP contribution in [0.2, 0.25) is 0 Å². The van der Waals surface area contributed by atoms with Crippen molar-refractivity contribution in [2.75, 3.05) is 26.4 Å². The Balaban J connectivity index is 2.00. The second-order valence-corrected chi connectivity index (χ2v) is 4.19. The highest BCUT2D eigenvalue weighted by atomic mass is 16.7. The Bertz CT molecular complexity index is 166. The zero-order valence-electron chi connectivity index (χ0n) is 10.5. The SMILES string of the molecule is CCOC(CCOC1CC(CN)C1)OCC. The molecule has 2 N–H and O–H groups in total. The van der Waals surface area contributed by atoms with Gasteiger partial charge in [0.1, 0.15) is 0 Å². The van der Waals surface area contributed by atoms with E-state index in [-0.39, 0.29) is 6.29 Å². The van der Waals surface area contributed by atoms with Crippen molar-refractivity contribution in [3.8, 4) is 0 Å². The van der Waals surface area contributed by atoms with Crippen LogP contribution < -0.4 is 5.73 Å². The summed E-state index contributed by atoms with van der Waals surface area (Å²) in [6.07, 6.45) is 3.35. The predicted octanol–water partition coefficient (Wildman–Crippen LogP) is 1.53. The molecule has 0 amide bonds. The summed E-state index contributed by atoms with van der Waals surface area (Å²) in [5.74, 6) is 0.680. The van der Waals surface area contributed by atoms with Crippen LogP contribution in [0.25, 0.3) is 0 Å². The predicted molar refractivity (Wildman–Crippen MR) is 63.2 cm³/mol. The summed E-state index contributed by atoms with van der Waals surface area (Å²) >= 11 is 0. The first-order valence-electron chi connectivity index (χ1n) is 6.35. The summed E-state index contributed by atoms with van der Waals surface area (Å²) in [5, 5.41) is 0. The van der Waals surface area contributed by atoms with E-state index in [1.54, 1.807) is 0 Å². The summed E-state index contributed by atoms with van der Waals surface area (Å²) in [5.41, 5.74) is 5.56. The molecule has 0 atom stereocenters. The first-order chi connectivity index (χ1) is 7.80. The van der Waals surface area contributed by atoms with Gasteiger partial charge in [0.25, 0.3) is 0 Å². The van der Waals surface area contributed by atoms with Gasteiger partial charge in [-0.25, -0.2) is 0 Å². The van der Waals surface area contributed by atoms with Gasteiger partial charge in [-0.2, -0.15) is 0 Å². The Morgan fingerprint density at radius 2 is 1.81 bits per heavy atom. The molecule has 1 saturated carbocycles. The third-order valence-corrected chi connectivity index (χ3v) is 2.94. The fourth-order valence-electron chi connectivity index (χ4n) is 1.92. The van der Waals surface area contributed by atoms with Crippen LogP contribution in [-0.2, 0) is 14.2 Å². The normalized spacial score (nSPS) is 24.8. The minimum Gasteiger partial charge on any atom is -0.378 e. The van der Waals surface area contributed by atoms with Crippen molar-refractivity contribution in [3.63, 3.8) is 0 Å². The summed E-state index contributed by atoms with van der Waals surface area (Å²) in [7, 11) is 0. The van der Waals surface area contributed by atoms with Gasteiger partial charge < -0.3 is 19.9 Å². The van der Waals surface area contributed by atoms with Crippen molar-refractivity contribution in [2.24, 2.45) is 11.7 Å². The summed E-state index contributed by atoms with van der Waals surface area (Å²) in [6.45, 7) is 6.83. The lowest BCUT2D eigenvalue weighted by Crippen LogP contribution is -2.36. The van der Waals surface area contributed by atoms with Crippen LogP contribution in [-0.4, -0.2) is 38.8 Å². The molecule has 0 heterocycles. The number of hydrogen-bond donors (Lipinski definition) is 1. The van der Waals surface area contributed by atoms with Crippen molar-refractivity contribution in [1.82, 2.24) is 0 Å². The van der Waals surface area contributed by atoms with E-state index in [0.29, 0.717) is 31.8 Å². The molecular weight excluding hydrogens is 206 g/mol. The lowest BCUT2D eigenvalue weighted by atomic mass is 9.82. The molecule has 0 aromatic heterocycles. The molecule has 0 aromatic rings. The summed E-state index contributed by atoms with van der Waals surface area (Å²) in [6, 6.07) is 0. The topological polar surface area (TPSA) is 53.7 Å². The van der Waals surface area contributed by atoms with E-state index in [4.69, 9.17) is 19.9 Å². The van der Waals surface area contributed by atoms with Crippen LogP contribution in [0.5, 0.6) is 0 Å². The van der Waals surface area contributed by atoms with Crippen molar-refractivity contribution in [2.45, 2.75) is 45.5 Å². The standard InChI is InChI=1S/C12H25NO3/c1-3-14-12(15-4-2)5-6-16-11-7-10(8-11)9-13/h10-12H,3-9,13H2,1-2H3. The van der Waals surface area contributed by atoms with E-state index < -0.39 is 0 Å². The smallest absolute Gasteiger partial charge is 0.159 e. The Labute approximate surface area is 98.4 Å². The van der Waals surface area contributed by atoms with Crippen LogP contribution in [0.4, 0.5) is 0 Å². The van der Waals surface area contributed by atoms with Crippen LogP contribution >= 0.6 is 0 Å². The maximum atomic E-state index is 5.72. The summed E-state index contributed by atoms with van der Waals surface area (Å²) < 4.78 is 16.6. The van der Waals surface area contributed by atoms with Gasteiger partial charge in [0, 0.05) is 19.6 Å². The molecule has 1 rings (SSSR count). The lowest BCUT2D eigenvalue weighted by molar-refractivity contribution is -0.153. The molecule has 1 aliphatic carbocycles. The van der Waals surface area contributed by atoms with Crippen molar-refractivity contribution in [3.05, 3.63) is 0 Å². The number of rotatable bonds is 9. The Morgan fingerprint density at radius 1 is 1.19 bits per heavy atom. The van der Waals surface area contributed by atoms with Gasteiger partial charge in [-0.3, -0.25) is 0 Å². The fraction of sp³-hybridized carbons (Fsp3) is 1.00. The third kappa shape index (κ3) is 4.78. The molecule has 4 nitrogen and oxygen atoms in total. The Morgan fingerprint density at radius 3 is 2.31 bits per heavy atom. The first-order valence-corrected chi connectivity index (χ1v) is 6.35. The molecule has 0 bridgehead atoms. The highest BCUT2D eigenvalue weighted by Gasteiger charge is 2.28. The molecule has 1 aliphatic rings. The molecule has 0 aliphatic heterocycles.